The third kappa shape index (κ3) is 4.58. The smallest absolute Gasteiger partial charge is 0.0764 e. The number of hydrogen-bond donors (Lipinski definition) is 0. The van der Waals surface area contributed by atoms with Gasteiger partial charge in [-0.25, -0.2) is 0 Å². The third-order valence-corrected chi connectivity index (χ3v) is 4.21. The van der Waals surface area contributed by atoms with Crippen LogP contribution in [0.15, 0.2) is 12.3 Å². The molecular weight excluding hydrogens is 306 g/mol. The molecule has 0 saturated heterocycles. The van der Waals surface area contributed by atoms with Crippen LogP contribution >= 0.6 is 15.9 Å². The van der Waals surface area contributed by atoms with Crippen molar-refractivity contribution in [1.82, 2.24) is 14.7 Å². The number of nitrogens with zero attached hydrogens (tertiary/aromatic N) is 3. The van der Waals surface area contributed by atoms with Crippen molar-refractivity contribution in [3.05, 3.63) is 18.0 Å². The van der Waals surface area contributed by atoms with Gasteiger partial charge in [0.15, 0.2) is 0 Å². The molecule has 19 heavy (non-hydrogen) atoms. The Morgan fingerprint density at radius 1 is 1.53 bits per heavy atom. The lowest BCUT2D eigenvalue weighted by molar-refractivity contribution is 0.184. The maximum absolute atomic E-state index is 5.13. The summed E-state index contributed by atoms with van der Waals surface area (Å²) in [5, 5.41) is 4.71. The van der Waals surface area contributed by atoms with Gasteiger partial charge in [-0.15, -0.1) is 0 Å². The Morgan fingerprint density at radius 3 is 2.95 bits per heavy atom. The van der Waals surface area contributed by atoms with Crippen LogP contribution in [0.2, 0.25) is 0 Å². The van der Waals surface area contributed by atoms with E-state index in [-0.39, 0.29) is 0 Å². The van der Waals surface area contributed by atoms with Gasteiger partial charge in [0, 0.05) is 26.4 Å². The van der Waals surface area contributed by atoms with Crippen molar-refractivity contribution < 1.29 is 4.74 Å². The lowest BCUT2D eigenvalue weighted by atomic mass is 10.3. The highest BCUT2D eigenvalue weighted by Gasteiger charge is 2.18. The van der Waals surface area contributed by atoms with Crippen LogP contribution in [0.5, 0.6) is 0 Å². The molecule has 1 unspecified atom stereocenters. The number of methoxy groups -OCH3 is 1. The predicted octanol–water partition coefficient (Wildman–Crippen LogP) is 2.84. The lowest BCUT2D eigenvalue weighted by Crippen LogP contribution is -2.28. The predicted molar refractivity (Wildman–Crippen MR) is 80.7 cm³/mol. The normalized spacial score (nSPS) is 18.3. The molecule has 2 rings (SSSR count). The summed E-state index contributed by atoms with van der Waals surface area (Å²) in [5.41, 5.74) is 1.16. The summed E-state index contributed by atoms with van der Waals surface area (Å²) in [5.74, 6) is 0. The van der Waals surface area contributed by atoms with Crippen LogP contribution in [-0.2, 0) is 11.3 Å². The number of halogens is 1. The maximum atomic E-state index is 5.13. The molecule has 1 aromatic heterocycles. The van der Waals surface area contributed by atoms with Crippen LogP contribution in [-0.4, -0.2) is 46.8 Å². The standard InChI is InChI=1S/C14H24BrN3O/c1-17(9-12(15)11-19-2)10-13-7-8-18(16-13)14-5-3-4-6-14/h7-8,12,14H,3-6,9-11H2,1-2H3. The second kappa shape index (κ2) is 7.41. The van der Waals surface area contributed by atoms with Crippen molar-refractivity contribution in [2.75, 3.05) is 27.3 Å². The van der Waals surface area contributed by atoms with Crippen LogP contribution < -0.4 is 0 Å². The topological polar surface area (TPSA) is 30.3 Å². The van der Waals surface area contributed by atoms with E-state index in [9.17, 15) is 0 Å². The quantitative estimate of drug-likeness (QED) is 0.720. The monoisotopic (exact) mass is 329 g/mol. The average molecular weight is 330 g/mol. The zero-order valence-electron chi connectivity index (χ0n) is 11.9. The van der Waals surface area contributed by atoms with Gasteiger partial charge in [-0.3, -0.25) is 9.58 Å². The van der Waals surface area contributed by atoms with E-state index in [1.54, 1.807) is 7.11 Å². The van der Waals surface area contributed by atoms with E-state index in [0.29, 0.717) is 10.9 Å². The van der Waals surface area contributed by atoms with Gasteiger partial charge in [-0.2, -0.15) is 5.10 Å². The van der Waals surface area contributed by atoms with E-state index in [0.717, 1.165) is 25.4 Å². The molecule has 0 radical (unpaired) electrons. The molecule has 108 valence electrons. The first-order chi connectivity index (χ1) is 9.19. The molecule has 5 heteroatoms. The van der Waals surface area contributed by atoms with Gasteiger partial charge in [0.2, 0.25) is 0 Å². The van der Waals surface area contributed by atoms with Gasteiger partial charge in [-0.1, -0.05) is 28.8 Å². The molecule has 1 aliphatic rings. The van der Waals surface area contributed by atoms with Crippen LogP contribution in [0, 0.1) is 0 Å². The molecule has 1 atom stereocenters. The molecule has 0 N–H and O–H groups in total. The second-order valence-electron chi connectivity index (χ2n) is 5.47. The molecule has 0 aliphatic heterocycles. The summed E-state index contributed by atoms with van der Waals surface area (Å²) < 4.78 is 7.30. The highest BCUT2D eigenvalue weighted by atomic mass is 79.9. The van der Waals surface area contributed by atoms with E-state index in [1.807, 2.05) is 0 Å². The Balaban J connectivity index is 1.81. The fraction of sp³-hybridized carbons (Fsp3) is 0.786. The zero-order valence-corrected chi connectivity index (χ0v) is 13.5. The fourth-order valence-electron chi connectivity index (χ4n) is 2.75. The molecule has 1 saturated carbocycles. The molecular formula is C14H24BrN3O. The molecule has 0 amide bonds. The number of rotatable bonds is 7. The first-order valence-electron chi connectivity index (χ1n) is 7.04. The molecule has 0 spiro atoms. The summed E-state index contributed by atoms with van der Waals surface area (Å²) in [6.45, 7) is 2.59. The van der Waals surface area contributed by atoms with Crippen molar-refractivity contribution in [2.24, 2.45) is 0 Å². The second-order valence-corrected chi connectivity index (χ2v) is 6.77. The number of ether oxygens (including phenoxy) is 1. The Morgan fingerprint density at radius 2 is 2.26 bits per heavy atom. The van der Waals surface area contributed by atoms with Crippen LogP contribution in [0.3, 0.4) is 0 Å². The Hall–Kier alpha value is -0.390. The minimum Gasteiger partial charge on any atom is -0.383 e. The summed E-state index contributed by atoms with van der Waals surface area (Å²) in [6.07, 6.45) is 7.41. The van der Waals surface area contributed by atoms with Crippen LogP contribution in [0.25, 0.3) is 0 Å². The lowest BCUT2D eigenvalue weighted by Gasteiger charge is -2.18. The first kappa shape index (κ1) is 15.0. The molecule has 1 aromatic rings. The fourth-order valence-corrected chi connectivity index (χ4v) is 3.51. The highest BCUT2D eigenvalue weighted by molar-refractivity contribution is 9.09. The van der Waals surface area contributed by atoms with E-state index < -0.39 is 0 Å². The number of hydrogen-bond acceptors (Lipinski definition) is 3. The first-order valence-corrected chi connectivity index (χ1v) is 7.96. The summed E-state index contributed by atoms with van der Waals surface area (Å²) in [4.78, 5) is 2.65. The molecule has 0 bridgehead atoms. The Kier molecular flexibility index (Phi) is 5.85. The maximum Gasteiger partial charge on any atom is 0.0764 e. The largest absolute Gasteiger partial charge is 0.383 e. The highest BCUT2D eigenvalue weighted by Crippen LogP contribution is 2.28. The molecule has 1 heterocycles. The van der Waals surface area contributed by atoms with Gasteiger partial charge in [0.25, 0.3) is 0 Å². The van der Waals surface area contributed by atoms with E-state index in [2.05, 4.69) is 44.8 Å². The number of alkyl halides is 1. The van der Waals surface area contributed by atoms with Gasteiger partial charge in [-0.05, 0) is 26.0 Å². The third-order valence-electron chi connectivity index (χ3n) is 3.65. The SMILES string of the molecule is COCC(Br)CN(C)Cc1ccn(C2CCCC2)n1. The van der Waals surface area contributed by atoms with Crippen molar-refractivity contribution in [1.29, 1.82) is 0 Å². The van der Waals surface area contributed by atoms with Crippen molar-refractivity contribution in [2.45, 2.75) is 43.1 Å². The molecule has 4 nitrogen and oxygen atoms in total. The van der Waals surface area contributed by atoms with Crippen molar-refractivity contribution in [3.63, 3.8) is 0 Å². The minimum atomic E-state index is 0.374. The van der Waals surface area contributed by atoms with Gasteiger partial charge in [0.1, 0.15) is 0 Å². The molecule has 1 aliphatic carbocycles. The van der Waals surface area contributed by atoms with Gasteiger partial charge < -0.3 is 4.74 Å². The zero-order chi connectivity index (χ0) is 13.7. The van der Waals surface area contributed by atoms with Gasteiger partial charge in [0.05, 0.1) is 23.2 Å². The van der Waals surface area contributed by atoms with Crippen LogP contribution in [0.4, 0.5) is 0 Å². The van der Waals surface area contributed by atoms with E-state index in [1.165, 1.54) is 25.7 Å². The Bertz CT molecular complexity index is 377. The van der Waals surface area contributed by atoms with Crippen LogP contribution in [0.1, 0.15) is 37.4 Å². The van der Waals surface area contributed by atoms with E-state index in [4.69, 9.17) is 9.84 Å². The molecule has 0 aromatic carbocycles. The Labute approximate surface area is 124 Å². The van der Waals surface area contributed by atoms with Gasteiger partial charge >= 0.3 is 0 Å². The van der Waals surface area contributed by atoms with E-state index >= 15 is 0 Å². The molecule has 1 fully saturated rings. The summed E-state index contributed by atoms with van der Waals surface area (Å²) in [7, 11) is 3.86. The minimum absolute atomic E-state index is 0.374. The van der Waals surface area contributed by atoms with Crippen molar-refractivity contribution >= 4 is 15.9 Å². The average Bonchev–Trinajstić information content (AvgIpc) is 2.98. The van der Waals surface area contributed by atoms with Crippen molar-refractivity contribution in [3.8, 4) is 0 Å². The summed E-state index contributed by atoms with van der Waals surface area (Å²) in [6, 6.07) is 2.78. The number of aromatic nitrogens is 2. The summed E-state index contributed by atoms with van der Waals surface area (Å²) >= 11 is 3.62.